The number of hydrogen-bond donors (Lipinski definition) is 1. The highest BCUT2D eigenvalue weighted by atomic mass is 32.1. The van der Waals surface area contributed by atoms with Crippen molar-refractivity contribution in [1.29, 1.82) is 0 Å². The summed E-state index contributed by atoms with van der Waals surface area (Å²) in [6.07, 6.45) is 6.10. The fraction of sp³-hybridized carbons (Fsp3) is 0.438. The molecule has 4 nitrogen and oxygen atoms in total. The lowest BCUT2D eigenvalue weighted by Gasteiger charge is -2.11. The number of carbonyl (C=O) groups is 1. The van der Waals surface area contributed by atoms with E-state index in [-0.39, 0.29) is 11.8 Å². The largest absolute Gasteiger partial charge is 0.355 e. The molecule has 112 valence electrons. The van der Waals surface area contributed by atoms with Crippen molar-refractivity contribution in [3.63, 3.8) is 0 Å². The number of rotatable bonds is 7. The Morgan fingerprint density at radius 3 is 2.67 bits per heavy atom. The zero-order valence-corrected chi connectivity index (χ0v) is 13.3. The smallest absolute Gasteiger partial charge is 0.223 e. The molecule has 0 saturated carbocycles. The van der Waals surface area contributed by atoms with Crippen LogP contribution in [0, 0.1) is 5.92 Å². The van der Waals surface area contributed by atoms with Gasteiger partial charge in [0.2, 0.25) is 5.91 Å². The molecule has 0 atom stereocenters. The van der Waals surface area contributed by atoms with Crippen LogP contribution in [0.3, 0.4) is 0 Å². The average Bonchev–Trinajstić information content (AvgIpc) is 2.98. The maximum atomic E-state index is 11.9. The van der Waals surface area contributed by atoms with Gasteiger partial charge in [-0.25, -0.2) is 4.98 Å². The molecule has 2 aromatic rings. The minimum atomic E-state index is 0.132. The van der Waals surface area contributed by atoms with Gasteiger partial charge in [-0.15, -0.1) is 11.3 Å². The molecule has 0 aliphatic carbocycles. The third-order valence-corrected chi connectivity index (χ3v) is 4.46. The molecule has 0 fully saturated rings. The Labute approximate surface area is 129 Å². The molecule has 0 aliphatic rings. The normalized spacial score (nSPS) is 10.8. The fourth-order valence-corrected chi connectivity index (χ4v) is 3.03. The van der Waals surface area contributed by atoms with Crippen molar-refractivity contribution in [2.24, 2.45) is 5.92 Å². The van der Waals surface area contributed by atoms with Crippen molar-refractivity contribution in [2.45, 2.75) is 33.1 Å². The van der Waals surface area contributed by atoms with Crippen LogP contribution in [0.4, 0.5) is 0 Å². The van der Waals surface area contributed by atoms with Crippen molar-refractivity contribution in [3.8, 4) is 10.6 Å². The van der Waals surface area contributed by atoms with Gasteiger partial charge in [-0.3, -0.25) is 9.78 Å². The molecule has 0 radical (unpaired) electrons. The SMILES string of the molecule is CCC(CC)C(=O)NCCc1csc(-c2ccncc2)n1. The van der Waals surface area contributed by atoms with Crippen molar-refractivity contribution in [3.05, 3.63) is 35.6 Å². The summed E-state index contributed by atoms with van der Waals surface area (Å²) in [6, 6.07) is 3.91. The van der Waals surface area contributed by atoms with Gasteiger partial charge in [0.1, 0.15) is 5.01 Å². The molecule has 2 aromatic heterocycles. The first kappa shape index (κ1) is 15.6. The standard InChI is InChI=1S/C16H21N3OS/c1-3-12(4-2)15(20)18-10-7-14-11-21-16(19-14)13-5-8-17-9-6-13/h5-6,8-9,11-12H,3-4,7,10H2,1-2H3,(H,18,20). The Kier molecular flexibility index (Phi) is 5.87. The van der Waals surface area contributed by atoms with Crippen LogP contribution in [-0.2, 0) is 11.2 Å². The summed E-state index contributed by atoms with van der Waals surface area (Å²) in [5.41, 5.74) is 2.11. The van der Waals surface area contributed by atoms with Crippen molar-refractivity contribution >= 4 is 17.2 Å². The predicted octanol–water partition coefficient (Wildman–Crippen LogP) is 3.30. The number of aromatic nitrogens is 2. The molecule has 2 rings (SSSR count). The Morgan fingerprint density at radius 1 is 1.29 bits per heavy atom. The van der Waals surface area contributed by atoms with Crippen LogP contribution in [-0.4, -0.2) is 22.4 Å². The van der Waals surface area contributed by atoms with E-state index in [0.717, 1.165) is 35.5 Å². The average molecular weight is 303 g/mol. The predicted molar refractivity (Wildman–Crippen MR) is 86.1 cm³/mol. The Hall–Kier alpha value is -1.75. The van der Waals surface area contributed by atoms with Crippen molar-refractivity contribution < 1.29 is 4.79 Å². The lowest BCUT2D eigenvalue weighted by molar-refractivity contribution is -0.125. The molecule has 1 N–H and O–H groups in total. The van der Waals surface area contributed by atoms with Crippen LogP contribution >= 0.6 is 11.3 Å². The Bertz CT molecular complexity index is 564. The molecule has 0 saturated heterocycles. The van der Waals surface area contributed by atoms with Gasteiger partial charge in [0.25, 0.3) is 0 Å². The van der Waals surface area contributed by atoms with Crippen LogP contribution in [0.5, 0.6) is 0 Å². The van der Waals surface area contributed by atoms with E-state index in [9.17, 15) is 4.79 Å². The number of nitrogens with one attached hydrogen (secondary N) is 1. The first-order valence-electron chi connectivity index (χ1n) is 7.37. The quantitative estimate of drug-likeness (QED) is 0.854. The van der Waals surface area contributed by atoms with E-state index >= 15 is 0 Å². The van der Waals surface area contributed by atoms with Gasteiger partial charge in [-0.1, -0.05) is 13.8 Å². The van der Waals surface area contributed by atoms with E-state index in [1.807, 2.05) is 12.1 Å². The second kappa shape index (κ2) is 7.88. The van der Waals surface area contributed by atoms with Gasteiger partial charge >= 0.3 is 0 Å². The molecule has 5 heteroatoms. The van der Waals surface area contributed by atoms with Crippen LogP contribution in [0.2, 0.25) is 0 Å². The zero-order valence-electron chi connectivity index (χ0n) is 12.5. The van der Waals surface area contributed by atoms with E-state index < -0.39 is 0 Å². The first-order valence-corrected chi connectivity index (χ1v) is 8.25. The Balaban J connectivity index is 1.85. The summed E-state index contributed by atoms with van der Waals surface area (Å²) < 4.78 is 0. The van der Waals surface area contributed by atoms with Crippen LogP contribution in [0.25, 0.3) is 10.6 Å². The summed E-state index contributed by atoms with van der Waals surface area (Å²) in [6.45, 7) is 4.75. The number of amides is 1. The molecule has 0 aromatic carbocycles. The van der Waals surface area contributed by atoms with Gasteiger partial charge in [-0.2, -0.15) is 0 Å². The lowest BCUT2D eigenvalue weighted by Crippen LogP contribution is -2.31. The van der Waals surface area contributed by atoms with E-state index in [1.54, 1.807) is 23.7 Å². The number of thiazole rings is 1. The zero-order chi connectivity index (χ0) is 15.1. The van der Waals surface area contributed by atoms with E-state index in [2.05, 4.69) is 34.5 Å². The first-order chi connectivity index (χ1) is 10.2. The molecular weight excluding hydrogens is 282 g/mol. The van der Waals surface area contributed by atoms with Gasteiger partial charge in [0, 0.05) is 42.2 Å². The maximum absolute atomic E-state index is 11.9. The molecule has 2 heterocycles. The molecule has 1 amide bonds. The van der Waals surface area contributed by atoms with Crippen LogP contribution in [0.1, 0.15) is 32.4 Å². The number of carbonyl (C=O) groups excluding carboxylic acids is 1. The maximum Gasteiger partial charge on any atom is 0.223 e. The van der Waals surface area contributed by atoms with Gasteiger partial charge in [0.05, 0.1) is 5.69 Å². The van der Waals surface area contributed by atoms with Crippen molar-refractivity contribution in [1.82, 2.24) is 15.3 Å². The number of nitrogens with zero attached hydrogens (tertiary/aromatic N) is 2. The van der Waals surface area contributed by atoms with Crippen LogP contribution < -0.4 is 5.32 Å². The minimum Gasteiger partial charge on any atom is -0.355 e. The summed E-state index contributed by atoms with van der Waals surface area (Å²) in [5, 5.41) is 6.05. The summed E-state index contributed by atoms with van der Waals surface area (Å²) >= 11 is 1.63. The molecule has 0 bridgehead atoms. The van der Waals surface area contributed by atoms with E-state index in [1.165, 1.54) is 0 Å². The van der Waals surface area contributed by atoms with Crippen LogP contribution in [0.15, 0.2) is 29.9 Å². The summed E-state index contributed by atoms with van der Waals surface area (Å²) in [7, 11) is 0. The molecule has 21 heavy (non-hydrogen) atoms. The highest BCUT2D eigenvalue weighted by molar-refractivity contribution is 7.13. The van der Waals surface area contributed by atoms with Gasteiger partial charge in [-0.05, 0) is 25.0 Å². The molecule has 0 aliphatic heterocycles. The van der Waals surface area contributed by atoms with Gasteiger partial charge < -0.3 is 5.32 Å². The number of pyridine rings is 1. The second-order valence-electron chi connectivity index (χ2n) is 4.93. The van der Waals surface area contributed by atoms with Crippen molar-refractivity contribution in [2.75, 3.05) is 6.54 Å². The Morgan fingerprint density at radius 2 is 2.00 bits per heavy atom. The molecule has 0 unspecified atom stereocenters. The summed E-state index contributed by atoms with van der Waals surface area (Å²) in [5.74, 6) is 0.289. The minimum absolute atomic E-state index is 0.132. The van der Waals surface area contributed by atoms with Gasteiger partial charge in [0.15, 0.2) is 0 Å². The molecular formula is C16H21N3OS. The summed E-state index contributed by atoms with van der Waals surface area (Å²) in [4.78, 5) is 20.5. The third kappa shape index (κ3) is 4.36. The highest BCUT2D eigenvalue weighted by Crippen LogP contribution is 2.22. The topological polar surface area (TPSA) is 54.9 Å². The van der Waals surface area contributed by atoms with E-state index in [0.29, 0.717) is 6.54 Å². The van der Waals surface area contributed by atoms with E-state index in [4.69, 9.17) is 0 Å². The monoisotopic (exact) mass is 303 g/mol. The highest BCUT2D eigenvalue weighted by Gasteiger charge is 2.13. The number of hydrogen-bond acceptors (Lipinski definition) is 4. The second-order valence-corrected chi connectivity index (χ2v) is 5.79. The fourth-order valence-electron chi connectivity index (χ4n) is 2.17. The molecule has 0 spiro atoms. The third-order valence-electron chi connectivity index (χ3n) is 3.52. The lowest BCUT2D eigenvalue weighted by atomic mass is 10.0.